The highest BCUT2D eigenvalue weighted by Gasteiger charge is 2.30. The van der Waals surface area contributed by atoms with Crippen LogP contribution >= 0.6 is 0 Å². The van der Waals surface area contributed by atoms with Crippen LogP contribution in [0.3, 0.4) is 0 Å². The van der Waals surface area contributed by atoms with Gasteiger partial charge in [0, 0.05) is 6.54 Å². The summed E-state index contributed by atoms with van der Waals surface area (Å²) in [7, 11) is 0. The second-order valence-corrected chi connectivity index (χ2v) is 2.07. The molecule has 0 aromatic carbocycles. The van der Waals surface area contributed by atoms with Crippen LogP contribution in [-0.2, 0) is 4.79 Å². The molecular weight excluding hydrogens is 102 g/mol. The predicted octanol–water partition coefficient (Wildman–Crippen LogP) is 0.608. The molecule has 0 aliphatic carbocycles. The number of amides is 1. The third-order valence-electron chi connectivity index (χ3n) is 1.40. The van der Waals surface area contributed by atoms with Crippen LogP contribution < -0.4 is 0 Å². The van der Waals surface area contributed by atoms with Crippen LogP contribution in [0, 0.1) is 5.92 Å². The molecule has 1 aliphatic heterocycles. The summed E-state index contributed by atoms with van der Waals surface area (Å²) in [5, 5.41) is 0. The van der Waals surface area contributed by atoms with E-state index in [0.29, 0.717) is 0 Å². The van der Waals surface area contributed by atoms with Crippen molar-refractivity contribution in [3.05, 3.63) is 12.8 Å². The molecule has 0 N–H and O–H groups in total. The zero-order chi connectivity index (χ0) is 6.15. The molecule has 1 saturated heterocycles. The lowest BCUT2D eigenvalue weighted by molar-refractivity contribution is -0.142. The van der Waals surface area contributed by atoms with Gasteiger partial charge in [-0.05, 0) is 6.20 Å². The Kier molecular flexibility index (Phi) is 1.08. The molecule has 2 nitrogen and oxygen atoms in total. The molecule has 0 radical (unpaired) electrons. The zero-order valence-electron chi connectivity index (χ0n) is 4.92. The molecule has 0 bridgehead atoms. The molecule has 1 heterocycles. The van der Waals surface area contributed by atoms with Crippen LogP contribution in [0.2, 0.25) is 0 Å². The Morgan fingerprint density at radius 1 is 2.00 bits per heavy atom. The molecule has 1 fully saturated rings. The first-order chi connectivity index (χ1) is 3.75. The largest absolute Gasteiger partial charge is 0.319 e. The van der Waals surface area contributed by atoms with Gasteiger partial charge in [-0.15, -0.1) is 0 Å². The second kappa shape index (κ2) is 1.62. The van der Waals surface area contributed by atoms with Crippen LogP contribution in [-0.4, -0.2) is 17.4 Å². The number of nitrogens with zero attached hydrogens (tertiary/aromatic N) is 1. The minimum atomic E-state index is 0.194. The molecule has 1 unspecified atom stereocenters. The number of β-lactam (4-membered cyclic amide) rings is 1. The van der Waals surface area contributed by atoms with Crippen molar-refractivity contribution >= 4 is 5.91 Å². The fourth-order valence-corrected chi connectivity index (χ4v) is 0.798. The maximum atomic E-state index is 10.6. The van der Waals surface area contributed by atoms with Crippen LogP contribution in [0.15, 0.2) is 12.8 Å². The average molecular weight is 111 g/mol. The summed E-state index contributed by atoms with van der Waals surface area (Å²) in [6.07, 6.45) is 1.57. The average Bonchev–Trinajstić information content (AvgIpc) is 1.81. The van der Waals surface area contributed by atoms with Crippen molar-refractivity contribution in [1.82, 2.24) is 4.90 Å². The van der Waals surface area contributed by atoms with Crippen LogP contribution in [0.1, 0.15) is 6.92 Å². The highest BCUT2D eigenvalue weighted by atomic mass is 16.2. The van der Waals surface area contributed by atoms with E-state index in [9.17, 15) is 4.79 Å². The van der Waals surface area contributed by atoms with Crippen molar-refractivity contribution in [2.24, 2.45) is 5.92 Å². The fourth-order valence-electron chi connectivity index (χ4n) is 0.798. The number of carbonyl (C=O) groups is 1. The highest BCUT2D eigenvalue weighted by Crippen LogP contribution is 2.15. The van der Waals surface area contributed by atoms with Crippen molar-refractivity contribution in [3.8, 4) is 0 Å². The van der Waals surface area contributed by atoms with Crippen molar-refractivity contribution in [1.29, 1.82) is 0 Å². The monoisotopic (exact) mass is 111 g/mol. The van der Waals surface area contributed by atoms with Crippen LogP contribution in [0.5, 0.6) is 0 Å². The number of likely N-dealkylation sites (tertiary alicyclic amines) is 1. The van der Waals surface area contributed by atoms with Crippen LogP contribution in [0.4, 0.5) is 0 Å². The third-order valence-corrected chi connectivity index (χ3v) is 1.40. The number of rotatable bonds is 1. The van der Waals surface area contributed by atoms with Crippen molar-refractivity contribution < 1.29 is 4.79 Å². The molecule has 2 heteroatoms. The summed E-state index contributed by atoms with van der Waals surface area (Å²) in [4.78, 5) is 12.3. The molecule has 1 amide bonds. The van der Waals surface area contributed by atoms with E-state index in [1.165, 1.54) is 0 Å². The van der Waals surface area contributed by atoms with Gasteiger partial charge in [0.1, 0.15) is 0 Å². The van der Waals surface area contributed by atoms with E-state index in [2.05, 4.69) is 6.58 Å². The molecular formula is C6H9NO. The summed E-state index contributed by atoms with van der Waals surface area (Å²) >= 11 is 0. The Labute approximate surface area is 48.8 Å². The Bertz CT molecular complexity index is 130. The standard InChI is InChI=1S/C6H9NO/c1-3-7-4-5(2)6(7)8/h3,5H,1,4H2,2H3. The quantitative estimate of drug-likeness (QED) is 0.454. The molecule has 1 atom stereocenters. The first kappa shape index (κ1) is 5.35. The van der Waals surface area contributed by atoms with Gasteiger partial charge in [0.15, 0.2) is 0 Å². The maximum absolute atomic E-state index is 10.6. The molecule has 0 saturated carbocycles. The molecule has 1 rings (SSSR count). The van der Waals surface area contributed by atoms with Gasteiger partial charge < -0.3 is 4.90 Å². The lowest BCUT2D eigenvalue weighted by Gasteiger charge is -2.32. The van der Waals surface area contributed by atoms with E-state index in [1.54, 1.807) is 11.1 Å². The van der Waals surface area contributed by atoms with E-state index in [1.807, 2.05) is 6.92 Å². The summed E-state index contributed by atoms with van der Waals surface area (Å²) in [5.74, 6) is 0.424. The van der Waals surface area contributed by atoms with E-state index in [-0.39, 0.29) is 11.8 Å². The van der Waals surface area contributed by atoms with Gasteiger partial charge in [0.2, 0.25) is 5.91 Å². The van der Waals surface area contributed by atoms with Gasteiger partial charge in [-0.25, -0.2) is 0 Å². The van der Waals surface area contributed by atoms with Crippen LogP contribution in [0.25, 0.3) is 0 Å². The lowest BCUT2D eigenvalue weighted by atomic mass is 10.0. The van der Waals surface area contributed by atoms with E-state index in [4.69, 9.17) is 0 Å². The van der Waals surface area contributed by atoms with Gasteiger partial charge in [-0.1, -0.05) is 13.5 Å². The first-order valence-corrected chi connectivity index (χ1v) is 2.68. The Hall–Kier alpha value is -0.790. The fraction of sp³-hybridized carbons (Fsp3) is 0.500. The van der Waals surface area contributed by atoms with E-state index >= 15 is 0 Å². The van der Waals surface area contributed by atoms with Gasteiger partial charge in [-0.3, -0.25) is 4.79 Å². The van der Waals surface area contributed by atoms with Crippen molar-refractivity contribution in [2.75, 3.05) is 6.54 Å². The topological polar surface area (TPSA) is 20.3 Å². The Morgan fingerprint density at radius 3 is 2.75 bits per heavy atom. The van der Waals surface area contributed by atoms with Gasteiger partial charge in [-0.2, -0.15) is 0 Å². The minimum Gasteiger partial charge on any atom is -0.319 e. The zero-order valence-corrected chi connectivity index (χ0v) is 4.92. The third kappa shape index (κ3) is 0.529. The first-order valence-electron chi connectivity index (χ1n) is 2.68. The normalized spacial score (nSPS) is 27.4. The number of hydrogen-bond donors (Lipinski definition) is 0. The van der Waals surface area contributed by atoms with Gasteiger partial charge in [0.05, 0.1) is 5.92 Å². The smallest absolute Gasteiger partial charge is 0.231 e. The minimum absolute atomic E-state index is 0.194. The maximum Gasteiger partial charge on any atom is 0.231 e. The molecule has 0 spiro atoms. The highest BCUT2D eigenvalue weighted by molar-refractivity contribution is 5.85. The van der Waals surface area contributed by atoms with E-state index < -0.39 is 0 Å². The number of hydrogen-bond acceptors (Lipinski definition) is 1. The summed E-state index contributed by atoms with van der Waals surface area (Å²) in [6, 6.07) is 0. The van der Waals surface area contributed by atoms with E-state index in [0.717, 1.165) is 6.54 Å². The predicted molar refractivity (Wildman–Crippen MR) is 31.1 cm³/mol. The number of carbonyl (C=O) groups excluding carboxylic acids is 1. The second-order valence-electron chi connectivity index (χ2n) is 2.07. The Balaban J connectivity index is 2.47. The SMILES string of the molecule is C=CN1CC(C)C1=O. The summed E-state index contributed by atoms with van der Waals surface area (Å²) < 4.78 is 0. The molecule has 1 aliphatic rings. The molecule has 0 aromatic heterocycles. The lowest BCUT2D eigenvalue weighted by Crippen LogP contribution is -2.47. The van der Waals surface area contributed by atoms with Crippen molar-refractivity contribution in [2.45, 2.75) is 6.92 Å². The van der Waals surface area contributed by atoms with Gasteiger partial charge >= 0.3 is 0 Å². The summed E-state index contributed by atoms with van der Waals surface area (Å²) in [5.41, 5.74) is 0. The Morgan fingerprint density at radius 2 is 2.62 bits per heavy atom. The van der Waals surface area contributed by atoms with Gasteiger partial charge in [0.25, 0.3) is 0 Å². The molecule has 44 valence electrons. The molecule has 0 aromatic rings. The van der Waals surface area contributed by atoms with Crippen molar-refractivity contribution in [3.63, 3.8) is 0 Å². The molecule has 8 heavy (non-hydrogen) atoms. The summed E-state index contributed by atoms with van der Waals surface area (Å²) in [6.45, 7) is 6.24.